The first-order valence-electron chi connectivity index (χ1n) is 12.5. The number of fused-ring (bicyclic) bond motifs is 5. The van der Waals surface area contributed by atoms with Crippen molar-refractivity contribution in [3.05, 3.63) is 60.2 Å². The number of morpholine rings is 1. The summed E-state index contributed by atoms with van der Waals surface area (Å²) < 4.78 is 12.7. The molecule has 38 heavy (non-hydrogen) atoms. The fourth-order valence-electron chi connectivity index (χ4n) is 4.65. The van der Waals surface area contributed by atoms with Gasteiger partial charge in [0.2, 0.25) is 0 Å². The number of carbonyl (C=O) groups is 2. The molecule has 12 nitrogen and oxygen atoms in total. The summed E-state index contributed by atoms with van der Waals surface area (Å²) in [5, 5.41) is 26.7. The molecule has 12 heteroatoms. The average Bonchev–Trinajstić information content (AvgIpc) is 3.26. The molecule has 4 bridgehead atoms. The van der Waals surface area contributed by atoms with Crippen LogP contribution in [0.5, 0.6) is 0 Å². The predicted molar refractivity (Wildman–Crippen MR) is 141 cm³/mol. The molecule has 0 saturated carbocycles. The summed E-state index contributed by atoms with van der Waals surface area (Å²) in [5.41, 5.74) is 2.03. The monoisotopic (exact) mass is 525 g/mol. The van der Waals surface area contributed by atoms with E-state index < -0.39 is 24.3 Å². The van der Waals surface area contributed by atoms with Crippen LogP contribution in [-0.4, -0.2) is 106 Å². The van der Waals surface area contributed by atoms with Crippen molar-refractivity contribution in [1.29, 1.82) is 5.41 Å². The number of aromatic nitrogens is 2. The van der Waals surface area contributed by atoms with Crippen molar-refractivity contribution >= 4 is 23.4 Å². The van der Waals surface area contributed by atoms with E-state index >= 15 is 0 Å². The van der Waals surface area contributed by atoms with Crippen molar-refractivity contribution in [3.8, 4) is 0 Å². The van der Waals surface area contributed by atoms with Gasteiger partial charge in [0.1, 0.15) is 24.4 Å². The minimum absolute atomic E-state index is 0.0314. The van der Waals surface area contributed by atoms with Crippen molar-refractivity contribution in [2.24, 2.45) is 7.05 Å². The zero-order chi connectivity index (χ0) is 27.4. The van der Waals surface area contributed by atoms with Crippen LogP contribution >= 0.6 is 0 Å². The Bertz CT molecular complexity index is 1190. The Morgan fingerprint density at radius 1 is 1.24 bits per heavy atom. The number of aliphatic hydroxyl groups excluding tert-OH is 1. The van der Waals surface area contributed by atoms with E-state index in [-0.39, 0.29) is 36.9 Å². The number of cyclic esters (lactones) is 1. The largest absolute Gasteiger partial charge is 0.448 e. The molecule has 4 rings (SSSR count). The van der Waals surface area contributed by atoms with E-state index in [1.807, 2.05) is 42.2 Å². The van der Waals surface area contributed by atoms with E-state index in [0.717, 1.165) is 11.3 Å². The molecule has 0 aromatic carbocycles. The van der Waals surface area contributed by atoms with E-state index in [0.29, 0.717) is 25.4 Å². The molecule has 0 radical (unpaired) electrons. The Morgan fingerprint density at radius 2 is 2.03 bits per heavy atom. The lowest BCUT2D eigenvalue weighted by Gasteiger charge is -2.33. The molecular weight excluding hydrogens is 490 g/mol. The SMILES string of the molecule is C=C/C1=C\N(C)CCOC(=O)N2CCOC(CC(=N)C(O)c3nn(C)cc3NC(=O)C3C=CC=C1N3C)C2. The lowest BCUT2D eigenvalue weighted by atomic mass is 10.0. The second kappa shape index (κ2) is 11.7. The highest BCUT2D eigenvalue weighted by Gasteiger charge is 2.31. The third-order valence-electron chi connectivity index (χ3n) is 6.71. The smallest absolute Gasteiger partial charge is 0.409 e. The molecule has 3 unspecified atom stereocenters. The average molecular weight is 526 g/mol. The standard InChI is InChI=1S/C26H35N7O5/c1-5-17-14-30(2)9-11-38-26(36)33-10-12-37-18(15-33)13-19(27)24(34)23-20(16-31(3)29-23)28-25(35)22-8-6-7-21(17)32(22)4/h5-8,14,16,18,22,24,27,34H,1,9-13,15H2,2-4H3,(H,28,35)/b17-14+,27-19?. The Labute approximate surface area is 222 Å². The summed E-state index contributed by atoms with van der Waals surface area (Å²) >= 11 is 0. The number of hydrogen-bond acceptors (Lipinski definition) is 9. The minimum atomic E-state index is -1.36. The van der Waals surface area contributed by atoms with Crippen molar-refractivity contribution in [1.82, 2.24) is 24.5 Å². The molecule has 3 atom stereocenters. The van der Waals surface area contributed by atoms with Crippen molar-refractivity contribution in [2.75, 3.05) is 52.3 Å². The number of nitrogens with one attached hydrogen (secondary N) is 2. The summed E-state index contributed by atoms with van der Waals surface area (Å²) in [7, 11) is 5.36. The molecule has 3 aliphatic heterocycles. The molecule has 0 aliphatic carbocycles. The number of ether oxygens (including phenoxy) is 2. The van der Waals surface area contributed by atoms with Gasteiger partial charge in [0, 0.05) is 63.5 Å². The maximum atomic E-state index is 13.4. The van der Waals surface area contributed by atoms with Gasteiger partial charge in [-0.15, -0.1) is 0 Å². The van der Waals surface area contributed by atoms with Crippen LogP contribution < -0.4 is 5.32 Å². The summed E-state index contributed by atoms with van der Waals surface area (Å²) in [6.45, 7) is 5.49. The molecule has 0 spiro atoms. The van der Waals surface area contributed by atoms with Gasteiger partial charge in [-0.1, -0.05) is 24.8 Å². The number of aliphatic hydroxyl groups is 1. The molecule has 3 N–H and O–H groups in total. The van der Waals surface area contributed by atoms with Gasteiger partial charge in [-0.2, -0.15) is 5.10 Å². The summed E-state index contributed by atoms with van der Waals surface area (Å²) in [5.74, 6) is -0.313. The summed E-state index contributed by atoms with van der Waals surface area (Å²) in [4.78, 5) is 31.3. The van der Waals surface area contributed by atoms with Gasteiger partial charge in [-0.05, 0) is 6.08 Å². The van der Waals surface area contributed by atoms with Crippen LogP contribution in [0.3, 0.4) is 0 Å². The van der Waals surface area contributed by atoms with Gasteiger partial charge in [0.15, 0.2) is 0 Å². The van der Waals surface area contributed by atoms with Crippen LogP contribution in [0.1, 0.15) is 18.2 Å². The lowest BCUT2D eigenvalue weighted by molar-refractivity contribution is -0.118. The maximum absolute atomic E-state index is 13.4. The third kappa shape index (κ3) is 5.97. The highest BCUT2D eigenvalue weighted by Crippen LogP contribution is 2.27. The maximum Gasteiger partial charge on any atom is 0.409 e. The second-order valence-corrected chi connectivity index (χ2v) is 9.54. The number of aryl methyl sites for hydroxylation is 1. The molecule has 3 aliphatic rings. The quantitative estimate of drug-likeness (QED) is 0.501. The Hall–Kier alpha value is -3.90. The van der Waals surface area contributed by atoms with E-state index in [2.05, 4.69) is 17.0 Å². The first kappa shape index (κ1) is 27.1. The van der Waals surface area contributed by atoms with Crippen LogP contribution in [-0.2, 0) is 21.3 Å². The van der Waals surface area contributed by atoms with Gasteiger partial charge in [0.05, 0.1) is 31.5 Å². The topological polar surface area (TPSA) is 136 Å². The first-order chi connectivity index (χ1) is 18.2. The van der Waals surface area contributed by atoms with Crippen molar-refractivity contribution < 1.29 is 24.2 Å². The van der Waals surface area contributed by atoms with Crippen LogP contribution in [0.2, 0.25) is 0 Å². The van der Waals surface area contributed by atoms with Gasteiger partial charge in [-0.3, -0.25) is 9.48 Å². The van der Waals surface area contributed by atoms with Crippen LogP contribution in [0, 0.1) is 5.41 Å². The molecule has 1 saturated heterocycles. The number of anilines is 1. The number of carbonyl (C=O) groups excluding carboxylic acids is 2. The Balaban J connectivity index is 1.65. The van der Waals surface area contributed by atoms with Gasteiger partial charge in [0.25, 0.3) is 5.91 Å². The number of likely N-dealkylation sites (N-methyl/N-ethyl adjacent to an activating group) is 2. The Kier molecular flexibility index (Phi) is 8.32. The van der Waals surface area contributed by atoms with E-state index in [4.69, 9.17) is 14.9 Å². The molecule has 1 aromatic rings. The van der Waals surface area contributed by atoms with Crippen molar-refractivity contribution in [3.63, 3.8) is 0 Å². The third-order valence-corrected chi connectivity index (χ3v) is 6.71. The molecule has 204 valence electrons. The highest BCUT2D eigenvalue weighted by molar-refractivity contribution is 5.98. The van der Waals surface area contributed by atoms with E-state index in [1.54, 1.807) is 30.3 Å². The molecular formula is C26H35N7O5. The zero-order valence-electron chi connectivity index (χ0n) is 22.0. The number of amides is 2. The van der Waals surface area contributed by atoms with Crippen LogP contribution in [0.25, 0.3) is 0 Å². The molecule has 1 fully saturated rings. The number of allylic oxidation sites excluding steroid dienone is 3. The Morgan fingerprint density at radius 3 is 2.79 bits per heavy atom. The van der Waals surface area contributed by atoms with Crippen LogP contribution in [0.4, 0.5) is 10.5 Å². The summed E-state index contributed by atoms with van der Waals surface area (Å²) in [6.07, 6.45) is 8.49. The second-order valence-electron chi connectivity index (χ2n) is 9.54. The minimum Gasteiger partial charge on any atom is -0.448 e. The fraction of sp³-hybridized carbons (Fsp3) is 0.462. The van der Waals surface area contributed by atoms with Gasteiger partial charge >= 0.3 is 6.09 Å². The molecule has 4 heterocycles. The zero-order valence-corrected chi connectivity index (χ0v) is 22.0. The molecule has 2 amide bonds. The predicted octanol–water partition coefficient (Wildman–Crippen LogP) is 1.41. The fourth-order valence-corrected chi connectivity index (χ4v) is 4.65. The van der Waals surface area contributed by atoms with Crippen molar-refractivity contribution in [2.45, 2.75) is 24.7 Å². The van der Waals surface area contributed by atoms with E-state index in [9.17, 15) is 14.7 Å². The first-order valence-corrected chi connectivity index (χ1v) is 12.5. The van der Waals surface area contributed by atoms with Gasteiger partial charge < -0.3 is 40.0 Å². The molecule has 1 aromatic heterocycles. The lowest BCUT2D eigenvalue weighted by Crippen LogP contribution is -2.47. The van der Waals surface area contributed by atoms with Gasteiger partial charge in [-0.25, -0.2) is 4.79 Å². The normalized spacial score (nSPS) is 27.0. The highest BCUT2D eigenvalue weighted by atomic mass is 16.6. The number of hydrogen-bond donors (Lipinski definition) is 3. The summed E-state index contributed by atoms with van der Waals surface area (Å²) in [6, 6.07) is -0.638. The van der Waals surface area contributed by atoms with E-state index in [1.165, 1.54) is 4.68 Å². The van der Waals surface area contributed by atoms with Crippen LogP contribution in [0.15, 0.2) is 54.5 Å². The number of rotatable bonds is 1. The number of nitrogens with zero attached hydrogens (tertiary/aromatic N) is 5.